The van der Waals surface area contributed by atoms with E-state index in [1.54, 1.807) is 6.92 Å². The van der Waals surface area contributed by atoms with E-state index < -0.39 is 5.54 Å². The monoisotopic (exact) mass is 339 g/mol. The number of amides is 1. The van der Waals surface area contributed by atoms with Crippen LogP contribution in [0.2, 0.25) is 0 Å². The smallest absolute Gasteiger partial charge is 0.244 e. The summed E-state index contributed by atoms with van der Waals surface area (Å²) >= 11 is 0. The minimum atomic E-state index is -1.04. The van der Waals surface area contributed by atoms with Gasteiger partial charge >= 0.3 is 0 Å². The summed E-state index contributed by atoms with van der Waals surface area (Å²) in [5, 5.41) is 2.95. The molecule has 25 heavy (non-hydrogen) atoms. The molecular weight excluding hydrogens is 310 g/mol. The topological polar surface area (TPSA) is 58.4 Å². The van der Waals surface area contributed by atoms with Gasteiger partial charge in [0.2, 0.25) is 5.91 Å². The highest BCUT2D eigenvalue weighted by atomic mass is 16.2. The maximum atomic E-state index is 12.5. The van der Waals surface area contributed by atoms with Crippen LogP contribution in [0.25, 0.3) is 0 Å². The Bertz CT molecular complexity index is 661. The van der Waals surface area contributed by atoms with Gasteiger partial charge in [-0.3, -0.25) is 9.69 Å². The van der Waals surface area contributed by atoms with Gasteiger partial charge in [0.05, 0.1) is 0 Å². The Labute approximate surface area is 151 Å². The maximum absolute atomic E-state index is 12.5. The first-order valence-corrected chi connectivity index (χ1v) is 8.90. The van der Waals surface area contributed by atoms with Gasteiger partial charge in [0.1, 0.15) is 5.54 Å². The molecule has 0 aliphatic heterocycles. The van der Waals surface area contributed by atoms with Crippen LogP contribution in [0.3, 0.4) is 0 Å². The molecule has 2 rings (SSSR count). The molecule has 4 nitrogen and oxygen atoms in total. The maximum Gasteiger partial charge on any atom is 0.244 e. The Morgan fingerprint density at radius 3 is 2.12 bits per heavy atom. The second kappa shape index (κ2) is 8.79. The second-order valence-corrected chi connectivity index (χ2v) is 6.53. The Morgan fingerprint density at radius 2 is 1.56 bits per heavy atom. The van der Waals surface area contributed by atoms with E-state index in [-0.39, 0.29) is 5.91 Å². The van der Waals surface area contributed by atoms with Crippen LogP contribution < -0.4 is 11.1 Å². The van der Waals surface area contributed by atoms with Crippen molar-refractivity contribution in [3.05, 3.63) is 71.3 Å². The van der Waals surface area contributed by atoms with E-state index in [1.807, 2.05) is 30.3 Å². The van der Waals surface area contributed by atoms with Gasteiger partial charge in [0.15, 0.2) is 0 Å². The minimum absolute atomic E-state index is 0.175. The molecule has 0 saturated carbocycles. The van der Waals surface area contributed by atoms with Gasteiger partial charge in [-0.25, -0.2) is 0 Å². The van der Waals surface area contributed by atoms with E-state index in [1.165, 1.54) is 5.56 Å². The third-order valence-corrected chi connectivity index (χ3v) is 4.62. The number of nitrogens with two attached hydrogens (primary N) is 1. The Morgan fingerprint density at radius 1 is 1.00 bits per heavy atom. The van der Waals surface area contributed by atoms with Gasteiger partial charge in [0, 0.05) is 13.1 Å². The van der Waals surface area contributed by atoms with Crippen LogP contribution in [0.15, 0.2) is 54.6 Å². The lowest BCUT2D eigenvalue weighted by molar-refractivity contribution is -0.126. The molecule has 0 aliphatic rings. The quantitative estimate of drug-likeness (QED) is 0.777. The highest BCUT2D eigenvalue weighted by Gasteiger charge is 2.29. The fourth-order valence-corrected chi connectivity index (χ4v) is 2.75. The molecule has 4 heteroatoms. The zero-order valence-electron chi connectivity index (χ0n) is 15.5. The molecule has 2 aromatic carbocycles. The van der Waals surface area contributed by atoms with E-state index in [2.05, 4.69) is 48.3 Å². The van der Waals surface area contributed by atoms with Crippen LogP contribution >= 0.6 is 0 Å². The summed E-state index contributed by atoms with van der Waals surface area (Å²) in [5.41, 5.74) is 8.36. The van der Waals surface area contributed by atoms with Gasteiger partial charge in [-0.2, -0.15) is 0 Å². The lowest BCUT2D eigenvalue weighted by atomic mass is 9.92. The third kappa shape index (κ3) is 5.15. The van der Waals surface area contributed by atoms with Crippen LogP contribution in [0.4, 0.5) is 0 Å². The van der Waals surface area contributed by atoms with Crippen molar-refractivity contribution in [2.75, 3.05) is 13.1 Å². The SMILES string of the molecule is CCN(CC)Cc1ccc(CNC(=O)C(C)(N)c2ccccc2)cc1. The standard InChI is InChI=1S/C21H29N3O/c1-4-24(5-2)16-18-13-11-17(12-14-18)15-23-20(25)21(3,22)19-9-7-6-8-10-19/h6-14H,4-5,15-16,22H2,1-3H3,(H,23,25). The van der Waals surface area contributed by atoms with Crippen molar-refractivity contribution in [1.82, 2.24) is 10.2 Å². The predicted octanol–water partition coefficient (Wildman–Crippen LogP) is 3.02. The van der Waals surface area contributed by atoms with E-state index in [0.717, 1.165) is 30.8 Å². The first-order chi connectivity index (χ1) is 12.0. The average Bonchev–Trinajstić information content (AvgIpc) is 2.65. The zero-order valence-corrected chi connectivity index (χ0v) is 15.5. The zero-order chi connectivity index (χ0) is 18.3. The van der Waals surface area contributed by atoms with Crippen LogP contribution in [-0.4, -0.2) is 23.9 Å². The lowest BCUT2D eigenvalue weighted by Gasteiger charge is -2.24. The molecule has 0 aromatic heterocycles. The summed E-state index contributed by atoms with van der Waals surface area (Å²) in [6.07, 6.45) is 0. The summed E-state index contributed by atoms with van der Waals surface area (Å²) in [4.78, 5) is 14.9. The molecule has 0 bridgehead atoms. The van der Waals surface area contributed by atoms with Crippen molar-refractivity contribution in [3.63, 3.8) is 0 Å². The van der Waals surface area contributed by atoms with Crippen molar-refractivity contribution in [2.45, 2.75) is 39.4 Å². The number of rotatable bonds is 8. The fraction of sp³-hybridized carbons (Fsp3) is 0.381. The first kappa shape index (κ1) is 19.2. The van der Waals surface area contributed by atoms with Crippen LogP contribution in [0.1, 0.15) is 37.5 Å². The van der Waals surface area contributed by atoms with E-state index in [9.17, 15) is 4.79 Å². The highest BCUT2D eigenvalue weighted by molar-refractivity contribution is 5.86. The number of carbonyl (C=O) groups excluding carboxylic acids is 1. The number of benzene rings is 2. The van der Waals surface area contributed by atoms with Crippen LogP contribution in [0.5, 0.6) is 0 Å². The van der Waals surface area contributed by atoms with Crippen LogP contribution in [0, 0.1) is 0 Å². The number of carbonyl (C=O) groups is 1. The van der Waals surface area contributed by atoms with Crippen molar-refractivity contribution in [3.8, 4) is 0 Å². The average molecular weight is 339 g/mol. The second-order valence-electron chi connectivity index (χ2n) is 6.53. The van der Waals surface area contributed by atoms with E-state index in [4.69, 9.17) is 5.73 Å². The molecule has 0 heterocycles. The molecule has 2 aromatic rings. The lowest BCUT2D eigenvalue weighted by Crippen LogP contribution is -2.48. The molecule has 0 spiro atoms. The van der Waals surface area contributed by atoms with E-state index in [0.29, 0.717) is 6.54 Å². The molecular formula is C21H29N3O. The number of nitrogens with one attached hydrogen (secondary N) is 1. The molecule has 1 atom stereocenters. The predicted molar refractivity (Wildman–Crippen MR) is 103 cm³/mol. The van der Waals surface area contributed by atoms with Crippen molar-refractivity contribution < 1.29 is 4.79 Å². The summed E-state index contributed by atoms with van der Waals surface area (Å²) < 4.78 is 0. The van der Waals surface area contributed by atoms with E-state index >= 15 is 0 Å². The number of nitrogens with zero attached hydrogens (tertiary/aromatic N) is 1. The molecule has 1 amide bonds. The summed E-state index contributed by atoms with van der Waals surface area (Å²) in [6, 6.07) is 17.8. The number of hydrogen-bond donors (Lipinski definition) is 2. The van der Waals surface area contributed by atoms with Crippen molar-refractivity contribution >= 4 is 5.91 Å². The van der Waals surface area contributed by atoms with Gasteiger partial charge in [-0.05, 0) is 36.7 Å². The van der Waals surface area contributed by atoms with Gasteiger partial charge in [0.25, 0.3) is 0 Å². The Hall–Kier alpha value is -2.17. The molecule has 0 saturated heterocycles. The van der Waals surface area contributed by atoms with Crippen molar-refractivity contribution in [1.29, 1.82) is 0 Å². The molecule has 3 N–H and O–H groups in total. The van der Waals surface area contributed by atoms with Crippen LogP contribution in [-0.2, 0) is 23.4 Å². The first-order valence-electron chi connectivity index (χ1n) is 8.90. The van der Waals surface area contributed by atoms with Gasteiger partial charge < -0.3 is 11.1 Å². The normalized spacial score (nSPS) is 13.5. The fourth-order valence-electron chi connectivity index (χ4n) is 2.75. The largest absolute Gasteiger partial charge is 0.350 e. The number of hydrogen-bond acceptors (Lipinski definition) is 3. The van der Waals surface area contributed by atoms with Crippen molar-refractivity contribution in [2.24, 2.45) is 5.73 Å². The Balaban J connectivity index is 1.93. The summed E-state index contributed by atoms with van der Waals surface area (Å²) in [7, 11) is 0. The summed E-state index contributed by atoms with van der Waals surface area (Å²) in [5.74, 6) is -0.175. The van der Waals surface area contributed by atoms with Gasteiger partial charge in [-0.1, -0.05) is 68.4 Å². The molecule has 134 valence electrons. The molecule has 0 fully saturated rings. The van der Waals surface area contributed by atoms with Gasteiger partial charge in [-0.15, -0.1) is 0 Å². The molecule has 1 unspecified atom stereocenters. The minimum Gasteiger partial charge on any atom is -0.350 e. The molecule has 0 aliphatic carbocycles. The third-order valence-electron chi connectivity index (χ3n) is 4.62. The molecule has 0 radical (unpaired) electrons. The Kier molecular flexibility index (Phi) is 6.73. The summed E-state index contributed by atoms with van der Waals surface area (Å²) in [6.45, 7) is 9.60. The highest BCUT2D eigenvalue weighted by Crippen LogP contribution is 2.17.